The van der Waals surface area contributed by atoms with Gasteiger partial charge in [-0.05, 0) is 26.2 Å². The molecule has 0 aliphatic rings. The summed E-state index contributed by atoms with van der Waals surface area (Å²) in [6, 6.07) is 0. The molecular formula is C10H19F3N2O2. The fourth-order valence-corrected chi connectivity index (χ4v) is 1.26. The second-order valence-corrected chi connectivity index (χ2v) is 4.21. The molecule has 1 atom stereocenters. The second-order valence-electron chi connectivity index (χ2n) is 4.21. The Kier molecular flexibility index (Phi) is 5.91. The minimum atomic E-state index is -4.76. The number of likely N-dealkylation sites (N-methyl/N-ethyl adjacent to an activating group) is 1. The van der Waals surface area contributed by atoms with Crippen LogP contribution in [-0.2, 0) is 4.79 Å². The lowest BCUT2D eigenvalue weighted by atomic mass is 10.0. The number of hydrogen-bond donors (Lipinski definition) is 2. The van der Waals surface area contributed by atoms with Gasteiger partial charge in [-0.2, -0.15) is 13.2 Å². The van der Waals surface area contributed by atoms with Gasteiger partial charge < -0.3 is 15.7 Å². The third-order valence-electron chi connectivity index (χ3n) is 2.53. The van der Waals surface area contributed by atoms with Gasteiger partial charge in [0.15, 0.2) is 5.54 Å². The molecule has 0 bridgehead atoms. The van der Waals surface area contributed by atoms with Crippen LogP contribution in [0.1, 0.15) is 26.2 Å². The van der Waals surface area contributed by atoms with Crippen molar-refractivity contribution in [1.82, 2.24) is 4.90 Å². The van der Waals surface area contributed by atoms with E-state index in [2.05, 4.69) is 0 Å². The van der Waals surface area contributed by atoms with Crippen LogP contribution in [0.25, 0.3) is 0 Å². The number of nitrogens with zero attached hydrogens (tertiary/aromatic N) is 1. The topological polar surface area (TPSA) is 66.6 Å². The molecule has 1 amide bonds. The van der Waals surface area contributed by atoms with Gasteiger partial charge in [0.1, 0.15) is 0 Å². The molecule has 0 aliphatic carbocycles. The minimum absolute atomic E-state index is 0.0365. The van der Waals surface area contributed by atoms with E-state index in [1.54, 1.807) is 0 Å². The van der Waals surface area contributed by atoms with Crippen molar-refractivity contribution < 1.29 is 23.1 Å². The first kappa shape index (κ1) is 16.2. The standard InChI is InChI=1S/C10H19F3N2O2/c1-9(14,10(11,12)13)8(17)15(2)6-4-3-5-7-16/h16H,3-7,14H2,1-2H3. The van der Waals surface area contributed by atoms with Crippen LogP contribution in [0.4, 0.5) is 13.2 Å². The maximum Gasteiger partial charge on any atom is 0.415 e. The minimum Gasteiger partial charge on any atom is -0.396 e. The quantitative estimate of drug-likeness (QED) is 0.693. The predicted molar refractivity (Wildman–Crippen MR) is 57.2 cm³/mol. The Bertz CT molecular complexity index is 254. The molecule has 0 spiro atoms. The molecule has 0 fully saturated rings. The van der Waals surface area contributed by atoms with Crippen LogP contribution < -0.4 is 5.73 Å². The van der Waals surface area contributed by atoms with Crippen LogP contribution in [0.5, 0.6) is 0 Å². The van der Waals surface area contributed by atoms with Gasteiger partial charge in [-0.3, -0.25) is 4.79 Å². The number of unbranched alkanes of at least 4 members (excludes halogenated alkanes) is 2. The highest BCUT2D eigenvalue weighted by molar-refractivity contribution is 5.86. The Labute approximate surface area is 98.6 Å². The summed E-state index contributed by atoms with van der Waals surface area (Å²) in [5.74, 6) is -1.14. The molecule has 0 saturated carbocycles. The van der Waals surface area contributed by atoms with Gasteiger partial charge in [-0.1, -0.05) is 0 Å². The molecule has 17 heavy (non-hydrogen) atoms. The van der Waals surface area contributed by atoms with Gasteiger partial charge >= 0.3 is 6.18 Å². The summed E-state index contributed by atoms with van der Waals surface area (Å²) in [6.07, 6.45) is -3.00. The SMILES string of the molecule is CN(CCCCCO)C(=O)C(C)(N)C(F)(F)F. The second kappa shape index (κ2) is 6.20. The first-order valence-corrected chi connectivity index (χ1v) is 5.36. The van der Waals surface area contributed by atoms with Gasteiger partial charge in [-0.15, -0.1) is 0 Å². The van der Waals surface area contributed by atoms with E-state index in [1.165, 1.54) is 7.05 Å². The van der Waals surface area contributed by atoms with Gasteiger partial charge in [0.05, 0.1) is 0 Å². The number of alkyl halides is 3. The predicted octanol–water partition coefficient (Wildman–Crippen LogP) is 0.887. The molecule has 1 unspecified atom stereocenters. The molecule has 102 valence electrons. The van der Waals surface area contributed by atoms with E-state index in [0.29, 0.717) is 26.2 Å². The summed E-state index contributed by atoms with van der Waals surface area (Å²) in [7, 11) is 1.29. The Morgan fingerprint density at radius 2 is 1.82 bits per heavy atom. The highest BCUT2D eigenvalue weighted by Gasteiger charge is 2.54. The molecule has 7 heteroatoms. The first-order chi connectivity index (χ1) is 7.64. The summed E-state index contributed by atoms with van der Waals surface area (Å²) < 4.78 is 37.4. The lowest BCUT2D eigenvalue weighted by molar-refractivity contribution is -0.193. The Morgan fingerprint density at radius 3 is 2.24 bits per heavy atom. The summed E-state index contributed by atoms with van der Waals surface area (Å²) >= 11 is 0. The highest BCUT2D eigenvalue weighted by Crippen LogP contribution is 2.29. The monoisotopic (exact) mass is 256 g/mol. The molecule has 0 aromatic carbocycles. The van der Waals surface area contributed by atoms with Crippen LogP contribution in [0.3, 0.4) is 0 Å². The highest BCUT2D eigenvalue weighted by atomic mass is 19.4. The van der Waals surface area contributed by atoms with E-state index in [1.807, 2.05) is 0 Å². The summed E-state index contributed by atoms with van der Waals surface area (Å²) in [5.41, 5.74) is 2.16. The molecule has 4 nitrogen and oxygen atoms in total. The largest absolute Gasteiger partial charge is 0.415 e. The number of carbonyl (C=O) groups excluding carboxylic acids is 1. The Balaban J connectivity index is 4.30. The van der Waals surface area contributed by atoms with E-state index >= 15 is 0 Å². The van der Waals surface area contributed by atoms with E-state index in [4.69, 9.17) is 10.8 Å². The maximum absolute atomic E-state index is 12.5. The number of rotatable bonds is 6. The normalized spacial score (nSPS) is 15.5. The number of nitrogens with two attached hydrogens (primary N) is 1. The number of aliphatic hydroxyl groups excluding tert-OH is 1. The van der Waals surface area contributed by atoms with Crippen LogP contribution in [-0.4, -0.2) is 47.8 Å². The van der Waals surface area contributed by atoms with Crippen molar-refractivity contribution in [2.24, 2.45) is 5.73 Å². The zero-order chi connectivity index (χ0) is 13.7. The van der Waals surface area contributed by atoms with Crippen molar-refractivity contribution in [1.29, 1.82) is 0 Å². The first-order valence-electron chi connectivity index (χ1n) is 5.36. The Morgan fingerprint density at radius 1 is 1.29 bits per heavy atom. The van der Waals surface area contributed by atoms with E-state index in [9.17, 15) is 18.0 Å². The van der Waals surface area contributed by atoms with Crippen molar-refractivity contribution in [2.45, 2.75) is 37.9 Å². The van der Waals surface area contributed by atoms with Crippen LogP contribution in [0, 0.1) is 0 Å². The molecule has 0 aliphatic heterocycles. The van der Waals surface area contributed by atoms with Gasteiger partial charge in [0, 0.05) is 20.2 Å². The van der Waals surface area contributed by atoms with Crippen molar-refractivity contribution in [3.63, 3.8) is 0 Å². The third kappa shape index (κ3) is 4.51. The van der Waals surface area contributed by atoms with Crippen molar-refractivity contribution >= 4 is 5.91 Å². The van der Waals surface area contributed by atoms with Gasteiger partial charge in [-0.25, -0.2) is 0 Å². The zero-order valence-corrected chi connectivity index (χ0v) is 10.0. The van der Waals surface area contributed by atoms with Crippen molar-refractivity contribution in [2.75, 3.05) is 20.2 Å². The average molecular weight is 256 g/mol. The summed E-state index contributed by atoms with van der Waals surface area (Å²) in [4.78, 5) is 12.5. The summed E-state index contributed by atoms with van der Waals surface area (Å²) in [6.45, 7) is 0.899. The molecule has 3 N–H and O–H groups in total. The molecule has 0 heterocycles. The Hall–Kier alpha value is -0.820. The third-order valence-corrected chi connectivity index (χ3v) is 2.53. The van der Waals surface area contributed by atoms with Gasteiger partial charge in [0.2, 0.25) is 0 Å². The number of carbonyl (C=O) groups is 1. The van der Waals surface area contributed by atoms with Crippen LogP contribution >= 0.6 is 0 Å². The molecule has 0 aromatic heterocycles. The number of halogens is 3. The maximum atomic E-state index is 12.5. The molecule has 0 aromatic rings. The molecule has 0 radical (unpaired) electrons. The number of aliphatic hydroxyl groups is 1. The van der Waals surface area contributed by atoms with Gasteiger partial charge in [0.25, 0.3) is 5.91 Å². The number of amides is 1. The van der Waals surface area contributed by atoms with E-state index < -0.39 is 17.6 Å². The van der Waals surface area contributed by atoms with Crippen molar-refractivity contribution in [3.8, 4) is 0 Å². The number of hydrogen-bond acceptors (Lipinski definition) is 3. The zero-order valence-electron chi connectivity index (χ0n) is 10.0. The average Bonchev–Trinajstić information content (AvgIpc) is 2.21. The summed E-state index contributed by atoms with van der Waals surface area (Å²) in [5, 5.41) is 8.53. The van der Waals surface area contributed by atoms with E-state index in [0.717, 1.165) is 4.90 Å². The lowest BCUT2D eigenvalue weighted by Gasteiger charge is -2.30. The van der Waals surface area contributed by atoms with Crippen LogP contribution in [0.15, 0.2) is 0 Å². The fraction of sp³-hybridized carbons (Fsp3) is 0.900. The van der Waals surface area contributed by atoms with Crippen molar-refractivity contribution in [3.05, 3.63) is 0 Å². The molecule has 0 saturated heterocycles. The fourth-order valence-electron chi connectivity index (χ4n) is 1.26. The lowest BCUT2D eigenvalue weighted by Crippen LogP contribution is -2.61. The molecule has 0 rings (SSSR count). The smallest absolute Gasteiger partial charge is 0.396 e. The van der Waals surface area contributed by atoms with E-state index in [-0.39, 0.29) is 13.2 Å². The van der Waals surface area contributed by atoms with Crippen LogP contribution in [0.2, 0.25) is 0 Å². The molecular weight excluding hydrogens is 237 g/mol.